The van der Waals surface area contributed by atoms with E-state index >= 15 is 0 Å². The molecular formula is C19H28ClN3O4S. The van der Waals surface area contributed by atoms with E-state index in [4.69, 9.17) is 38.0 Å². The number of benzene rings is 1. The van der Waals surface area contributed by atoms with Crippen LogP contribution in [-0.4, -0.2) is 74.1 Å². The van der Waals surface area contributed by atoms with Gasteiger partial charge in [-0.3, -0.25) is 0 Å². The first kappa shape index (κ1) is 22.5. The van der Waals surface area contributed by atoms with E-state index in [1.807, 2.05) is 13.0 Å². The summed E-state index contributed by atoms with van der Waals surface area (Å²) in [6, 6.07) is 5.67. The average molecular weight is 430 g/mol. The third-order valence-corrected chi connectivity index (χ3v) is 5.26. The van der Waals surface area contributed by atoms with Gasteiger partial charge < -0.3 is 29.3 Å². The zero-order valence-corrected chi connectivity index (χ0v) is 18.1. The maximum absolute atomic E-state index is 11.9. The van der Waals surface area contributed by atoms with Gasteiger partial charge in [0.25, 0.3) is 0 Å². The number of nitrogens with one attached hydrogen (secondary N) is 1. The monoisotopic (exact) mass is 429 g/mol. The van der Waals surface area contributed by atoms with Gasteiger partial charge in [0.1, 0.15) is 5.75 Å². The third-order valence-electron chi connectivity index (χ3n) is 4.63. The molecule has 1 aliphatic heterocycles. The van der Waals surface area contributed by atoms with Crippen molar-refractivity contribution >= 4 is 40.7 Å². The van der Waals surface area contributed by atoms with E-state index in [0.717, 1.165) is 18.5 Å². The van der Waals surface area contributed by atoms with E-state index in [-0.39, 0.29) is 12.1 Å². The third kappa shape index (κ3) is 6.12. The van der Waals surface area contributed by atoms with Gasteiger partial charge in [0.05, 0.1) is 25.3 Å². The van der Waals surface area contributed by atoms with Crippen LogP contribution in [-0.2, 0) is 9.47 Å². The Morgan fingerprint density at radius 1 is 1.36 bits per heavy atom. The average Bonchev–Trinajstić information content (AvgIpc) is 2.69. The summed E-state index contributed by atoms with van der Waals surface area (Å²) in [4.78, 5) is 15.8. The number of hydrogen-bond donors (Lipinski definition) is 1. The maximum Gasteiger partial charge on any atom is 0.409 e. The number of likely N-dealkylation sites (tertiary alicyclic amines) is 1. The maximum atomic E-state index is 11.9. The number of methoxy groups -OCH3 is 2. The summed E-state index contributed by atoms with van der Waals surface area (Å²) in [6.45, 7) is 4.71. The summed E-state index contributed by atoms with van der Waals surface area (Å²) in [5.74, 6) is 0.612. The Morgan fingerprint density at radius 3 is 2.64 bits per heavy atom. The molecule has 0 unspecified atom stereocenters. The highest BCUT2D eigenvalue weighted by molar-refractivity contribution is 7.80. The van der Waals surface area contributed by atoms with Crippen molar-refractivity contribution in [3.05, 3.63) is 23.2 Å². The second-order valence-electron chi connectivity index (χ2n) is 6.38. The molecule has 9 heteroatoms. The van der Waals surface area contributed by atoms with Crippen LogP contribution in [0.4, 0.5) is 10.5 Å². The molecule has 0 aliphatic carbocycles. The van der Waals surface area contributed by atoms with Crippen LogP contribution in [0.5, 0.6) is 5.75 Å². The number of carbonyl (C=O) groups excluding carboxylic acids is 1. The van der Waals surface area contributed by atoms with Crippen LogP contribution >= 0.6 is 23.8 Å². The molecule has 0 bridgehead atoms. The van der Waals surface area contributed by atoms with Crippen molar-refractivity contribution in [2.24, 2.45) is 0 Å². The number of rotatable bonds is 7. The van der Waals surface area contributed by atoms with Gasteiger partial charge in [0.15, 0.2) is 5.11 Å². The fourth-order valence-corrected chi connectivity index (χ4v) is 3.77. The highest BCUT2D eigenvalue weighted by atomic mass is 35.5. The van der Waals surface area contributed by atoms with Crippen LogP contribution in [0.1, 0.15) is 19.8 Å². The number of amides is 1. The van der Waals surface area contributed by atoms with Crippen molar-refractivity contribution in [2.45, 2.75) is 25.8 Å². The summed E-state index contributed by atoms with van der Waals surface area (Å²) in [5.41, 5.74) is 0.794. The van der Waals surface area contributed by atoms with Gasteiger partial charge in [0, 0.05) is 38.5 Å². The smallest absolute Gasteiger partial charge is 0.409 e. The lowest BCUT2D eigenvalue weighted by molar-refractivity contribution is 0.0829. The lowest BCUT2D eigenvalue weighted by atomic mass is 10.0. The Morgan fingerprint density at radius 2 is 2.07 bits per heavy atom. The molecule has 1 N–H and O–H groups in total. The highest BCUT2D eigenvalue weighted by Gasteiger charge is 2.28. The Bertz CT molecular complexity index is 669. The van der Waals surface area contributed by atoms with Gasteiger partial charge in [-0.25, -0.2) is 4.79 Å². The molecule has 0 saturated carbocycles. The summed E-state index contributed by atoms with van der Waals surface area (Å²) < 4.78 is 15.5. The molecule has 1 fully saturated rings. The van der Waals surface area contributed by atoms with Crippen LogP contribution in [0.2, 0.25) is 5.02 Å². The molecule has 28 heavy (non-hydrogen) atoms. The van der Waals surface area contributed by atoms with Gasteiger partial charge in [-0.1, -0.05) is 11.6 Å². The number of hydrogen-bond acceptors (Lipinski definition) is 5. The molecule has 1 amide bonds. The molecular weight excluding hydrogens is 402 g/mol. The summed E-state index contributed by atoms with van der Waals surface area (Å²) in [7, 11) is 3.25. The van der Waals surface area contributed by atoms with Crippen molar-refractivity contribution < 1.29 is 19.0 Å². The van der Waals surface area contributed by atoms with Gasteiger partial charge in [-0.2, -0.15) is 0 Å². The normalized spacial score (nSPS) is 14.5. The minimum atomic E-state index is -0.252. The fraction of sp³-hybridized carbons (Fsp3) is 0.579. The minimum Gasteiger partial charge on any atom is -0.495 e. The van der Waals surface area contributed by atoms with Crippen molar-refractivity contribution in [3.8, 4) is 5.75 Å². The topological polar surface area (TPSA) is 63.3 Å². The lowest BCUT2D eigenvalue weighted by Crippen LogP contribution is -2.50. The number of halogens is 1. The number of piperidine rings is 1. The zero-order chi connectivity index (χ0) is 20.5. The van der Waals surface area contributed by atoms with Gasteiger partial charge in [0.2, 0.25) is 0 Å². The molecule has 1 aliphatic rings. The summed E-state index contributed by atoms with van der Waals surface area (Å²) in [6.07, 6.45) is 1.37. The van der Waals surface area contributed by atoms with E-state index in [0.29, 0.717) is 48.7 Å². The minimum absolute atomic E-state index is 0.217. The lowest BCUT2D eigenvalue weighted by Gasteiger charge is -2.39. The van der Waals surface area contributed by atoms with Crippen molar-refractivity contribution in [2.75, 3.05) is 52.4 Å². The van der Waals surface area contributed by atoms with E-state index in [9.17, 15) is 4.79 Å². The molecule has 0 radical (unpaired) electrons. The molecule has 2 rings (SSSR count). The molecule has 0 aromatic heterocycles. The quantitative estimate of drug-likeness (QED) is 0.664. The molecule has 1 saturated heterocycles. The van der Waals surface area contributed by atoms with Gasteiger partial charge in [-0.15, -0.1) is 0 Å². The summed E-state index contributed by atoms with van der Waals surface area (Å²) >= 11 is 11.9. The molecule has 1 heterocycles. The fourth-order valence-electron chi connectivity index (χ4n) is 3.15. The number of anilines is 1. The van der Waals surface area contributed by atoms with E-state index in [1.165, 1.54) is 0 Å². The molecule has 156 valence electrons. The zero-order valence-electron chi connectivity index (χ0n) is 16.6. The first-order valence-corrected chi connectivity index (χ1v) is 10.1. The van der Waals surface area contributed by atoms with Crippen molar-refractivity contribution in [3.63, 3.8) is 0 Å². The molecule has 7 nitrogen and oxygen atoms in total. The second-order valence-corrected chi connectivity index (χ2v) is 7.18. The molecule has 0 spiro atoms. The second kappa shape index (κ2) is 11.3. The van der Waals surface area contributed by atoms with Crippen LogP contribution < -0.4 is 10.1 Å². The molecule has 1 aromatic rings. The Labute approximate surface area is 176 Å². The molecule has 1 aromatic carbocycles. The van der Waals surface area contributed by atoms with E-state index in [1.54, 1.807) is 31.3 Å². The predicted molar refractivity (Wildman–Crippen MR) is 114 cm³/mol. The van der Waals surface area contributed by atoms with E-state index < -0.39 is 0 Å². The number of nitrogens with zero attached hydrogens (tertiary/aromatic N) is 2. The van der Waals surface area contributed by atoms with Gasteiger partial charge >= 0.3 is 6.09 Å². The Kier molecular flexibility index (Phi) is 9.08. The number of thiocarbonyl (C=S) groups is 1. The first-order chi connectivity index (χ1) is 13.5. The predicted octanol–water partition coefficient (Wildman–Crippen LogP) is 3.61. The van der Waals surface area contributed by atoms with Crippen LogP contribution in [0, 0.1) is 0 Å². The van der Waals surface area contributed by atoms with Crippen molar-refractivity contribution in [1.29, 1.82) is 0 Å². The van der Waals surface area contributed by atoms with E-state index in [2.05, 4.69) is 10.2 Å². The van der Waals surface area contributed by atoms with Crippen LogP contribution in [0.3, 0.4) is 0 Å². The number of ether oxygens (including phenoxy) is 3. The summed E-state index contributed by atoms with van der Waals surface area (Å²) in [5, 5.41) is 4.37. The van der Waals surface area contributed by atoms with Crippen LogP contribution in [0.15, 0.2) is 18.2 Å². The van der Waals surface area contributed by atoms with Gasteiger partial charge in [-0.05, 0) is 50.2 Å². The number of carbonyl (C=O) groups is 1. The molecule has 0 atom stereocenters. The Balaban J connectivity index is 2.01. The standard InChI is InChI=1S/C19H28ClN3O4S/c1-4-27-19(24)22-9-7-15(8-10-22)23(11-12-25-2)18(28)21-14-5-6-17(26-3)16(20)13-14/h5-6,13,15H,4,7-12H2,1-3H3,(H,21,28). The van der Waals surface area contributed by atoms with Crippen LogP contribution in [0.25, 0.3) is 0 Å². The largest absolute Gasteiger partial charge is 0.495 e. The SMILES string of the molecule is CCOC(=O)N1CCC(N(CCOC)C(=S)Nc2ccc(OC)c(Cl)c2)CC1. The Hall–Kier alpha value is -1.77. The van der Waals surface area contributed by atoms with Crippen molar-refractivity contribution in [1.82, 2.24) is 9.80 Å². The first-order valence-electron chi connectivity index (χ1n) is 9.32. The highest BCUT2D eigenvalue weighted by Crippen LogP contribution is 2.27.